The van der Waals surface area contributed by atoms with Crippen molar-refractivity contribution >= 4 is 68.3 Å². The highest BCUT2D eigenvalue weighted by molar-refractivity contribution is 14.1. The van der Waals surface area contributed by atoms with Gasteiger partial charge in [-0.1, -0.05) is 65.9 Å². The number of halogens is 3. The summed E-state index contributed by atoms with van der Waals surface area (Å²) in [5.74, 6) is 1.04. The summed E-state index contributed by atoms with van der Waals surface area (Å²) in [4.78, 5) is 20.1. The van der Waals surface area contributed by atoms with Crippen LogP contribution in [0.25, 0.3) is 11.8 Å². The molecule has 0 radical (unpaired) electrons. The highest BCUT2D eigenvalue weighted by Gasteiger charge is 2.32. The van der Waals surface area contributed by atoms with Crippen LogP contribution in [0.5, 0.6) is 11.5 Å². The van der Waals surface area contributed by atoms with Gasteiger partial charge in [-0.05, 0) is 111 Å². The van der Waals surface area contributed by atoms with Crippen LogP contribution in [0.15, 0.2) is 100 Å². The zero-order chi connectivity index (χ0) is 30.4. The lowest BCUT2D eigenvalue weighted by molar-refractivity contribution is 0.297. The molecule has 0 unspecified atom stereocenters. The first-order valence-electron chi connectivity index (χ1n) is 14.0. The van der Waals surface area contributed by atoms with Crippen LogP contribution in [0.1, 0.15) is 40.3 Å². The minimum Gasteiger partial charge on any atom is -0.497 e. The van der Waals surface area contributed by atoms with Gasteiger partial charge in [0.1, 0.15) is 23.9 Å². The summed E-state index contributed by atoms with van der Waals surface area (Å²) >= 11 is 5.87. The van der Waals surface area contributed by atoms with Crippen LogP contribution in [0.2, 0.25) is 0 Å². The maximum atomic E-state index is 14.4. The number of aromatic nitrogens is 1. The molecule has 0 saturated heterocycles. The quantitative estimate of drug-likeness (QED) is 0.170. The van der Waals surface area contributed by atoms with E-state index in [4.69, 9.17) is 14.5 Å². The van der Waals surface area contributed by atoms with Crippen LogP contribution in [0, 0.1) is 13.0 Å². The molecule has 2 heterocycles. The van der Waals surface area contributed by atoms with Crippen molar-refractivity contribution in [2.45, 2.75) is 25.5 Å². The molecule has 7 rings (SSSR count). The Labute approximate surface area is 284 Å². The molecule has 220 valence electrons. The molecule has 0 saturated carbocycles. The second-order valence-corrected chi connectivity index (χ2v) is 14.0. The summed E-state index contributed by atoms with van der Waals surface area (Å²) in [7, 11) is 1.65. The summed E-state index contributed by atoms with van der Waals surface area (Å²) in [6, 6.07) is 26.6. The van der Waals surface area contributed by atoms with E-state index in [1.165, 1.54) is 23.0 Å². The Hall–Kier alpha value is -3.29. The van der Waals surface area contributed by atoms with Crippen LogP contribution in [0.3, 0.4) is 0 Å². The molecule has 1 aromatic heterocycles. The van der Waals surface area contributed by atoms with Crippen molar-refractivity contribution < 1.29 is 13.9 Å². The molecule has 2 aliphatic rings. The van der Waals surface area contributed by atoms with Gasteiger partial charge < -0.3 is 9.47 Å². The molecular weight excluding hydrogens is 801 g/mol. The van der Waals surface area contributed by atoms with Crippen LogP contribution >= 0.6 is 56.5 Å². The average Bonchev–Trinajstić information content (AvgIpc) is 3.34. The predicted octanol–water partition coefficient (Wildman–Crippen LogP) is 7.25. The molecule has 9 heteroatoms. The van der Waals surface area contributed by atoms with Crippen molar-refractivity contribution in [3.63, 3.8) is 0 Å². The van der Waals surface area contributed by atoms with Gasteiger partial charge in [0.2, 0.25) is 0 Å². The Kier molecular flexibility index (Phi) is 8.19. The summed E-state index contributed by atoms with van der Waals surface area (Å²) in [5.41, 5.74) is 6.57. The largest absolute Gasteiger partial charge is 0.497 e. The molecule has 0 fully saturated rings. The smallest absolute Gasteiger partial charge is 0.271 e. The Morgan fingerprint density at radius 3 is 2.68 bits per heavy atom. The van der Waals surface area contributed by atoms with Crippen molar-refractivity contribution in [2.24, 2.45) is 4.99 Å². The number of aryl methyl sites for hydroxylation is 1. The molecule has 0 spiro atoms. The zero-order valence-corrected chi connectivity index (χ0v) is 28.7. The SMILES string of the molecule is COc1cccc([C@H]2C3=C(N=c4s/c(=C/c5cc(I)cc(I)c5OCc5ccccc5F)c(=O)n42)c2ccccc2CC3)c1. The minimum atomic E-state index is -0.314. The van der Waals surface area contributed by atoms with Crippen molar-refractivity contribution in [3.05, 3.63) is 151 Å². The number of thiazole rings is 1. The van der Waals surface area contributed by atoms with Gasteiger partial charge in [-0.15, -0.1) is 0 Å². The number of nitrogens with zero attached hydrogens (tertiary/aromatic N) is 2. The minimum absolute atomic E-state index is 0.0767. The second kappa shape index (κ2) is 12.2. The Morgan fingerprint density at radius 2 is 1.84 bits per heavy atom. The standard InChI is InChI=1S/C35H25FI2N2O3S/c1-42-25-10-6-9-21(16-25)32-27-14-13-20-7-2-4-11-26(20)31(27)39-35-40(32)34(41)30(44-35)17-23-15-24(37)18-29(38)33(23)43-19-22-8-3-5-12-28(22)36/h2-12,15-18,32H,13-14,19H2,1H3/b30-17+/t32-/m0/s1. The molecule has 5 nitrogen and oxygen atoms in total. The van der Waals surface area contributed by atoms with E-state index in [1.54, 1.807) is 25.3 Å². The topological polar surface area (TPSA) is 52.8 Å². The maximum absolute atomic E-state index is 14.4. The molecule has 1 atom stereocenters. The average molecular weight is 826 g/mol. The van der Waals surface area contributed by atoms with Gasteiger partial charge in [0.05, 0.1) is 27.0 Å². The van der Waals surface area contributed by atoms with Gasteiger partial charge in [-0.25, -0.2) is 9.38 Å². The third-order valence-electron chi connectivity index (χ3n) is 7.94. The van der Waals surface area contributed by atoms with Gasteiger partial charge in [0.15, 0.2) is 4.80 Å². The molecule has 0 N–H and O–H groups in total. The Morgan fingerprint density at radius 1 is 1.02 bits per heavy atom. The normalized spacial score (nSPS) is 15.7. The highest BCUT2D eigenvalue weighted by Crippen LogP contribution is 2.41. The summed E-state index contributed by atoms with van der Waals surface area (Å²) in [6.07, 6.45) is 3.58. The number of ether oxygens (including phenoxy) is 2. The Balaban J connectivity index is 1.40. The van der Waals surface area contributed by atoms with Crippen LogP contribution in [0.4, 0.5) is 4.39 Å². The maximum Gasteiger partial charge on any atom is 0.271 e. The lowest BCUT2D eigenvalue weighted by Crippen LogP contribution is -2.38. The molecule has 1 aliphatic carbocycles. The number of hydrogen-bond acceptors (Lipinski definition) is 5. The molecule has 0 amide bonds. The van der Waals surface area contributed by atoms with Crippen molar-refractivity contribution in [1.29, 1.82) is 0 Å². The van der Waals surface area contributed by atoms with Crippen LogP contribution < -0.4 is 24.4 Å². The lowest BCUT2D eigenvalue weighted by Gasteiger charge is -2.31. The van der Waals surface area contributed by atoms with Crippen LogP contribution in [-0.2, 0) is 13.0 Å². The fourth-order valence-electron chi connectivity index (χ4n) is 5.88. The van der Waals surface area contributed by atoms with Crippen molar-refractivity contribution in [3.8, 4) is 11.5 Å². The van der Waals surface area contributed by atoms with Crippen molar-refractivity contribution in [1.82, 2.24) is 4.57 Å². The fraction of sp³-hybridized carbons (Fsp3) is 0.143. The number of hydrogen-bond donors (Lipinski definition) is 0. The summed E-state index contributed by atoms with van der Waals surface area (Å²) in [6.45, 7) is 0.0767. The van der Waals surface area contributed by atoms with Crippen LogP contribution in [-0.4, -0.2) is 11.7 Å². The lowest BCUT2D eigenvalue weighted by atomic mass is 9.83. The van der Waals surface area contributed by atoms with Gasteiger partial charge in [-0.3, -0.25) is 9.36 Å². The van der Waals surface area contributed by atoms with E-state index in [1.807, 2.05) is 47.0 Å². The van der Waals surface area contributed by atoms with E-state index in [2.05, 4.69) is 69.4 Å². The number of benzene rings is 4. The molecule has 44 heavy (non-hydrogen) atoms. The second-order valence-electron chi connectivity index (χ2n) is 10.6. The number of rotatable bonds is 6. The van der Waals surface area contributed by atoms with E-state index in [-0.39, 0.29) is 24.0 Å². The predicted molar refractivity (Wildman–Crippen MR) is 188 cm³/mol. The van der Waals surface area contributed by atoms with Crippen molar-refractivity contribution in [2.75, 3.05) is 7.11 Å². The third-order valence-corrected chi connectivity index (χ3v) is 10.3. The summed E-state index contributed by atoms with van der Waals surface area (Å²) in [5, 5.41) is 0. The monoisotopic (exact) mass is 826 g/mol. The Bertz CT molecular complexity index is 2150. The summed E-state index contributed by atoms with van der Waals surface area (Å²) < 4.78 is 30.4. The molecule has 0 bridgehead atoms. The van der Waals surface area contributed by atoms with E-state index in [0.717, 1.165) is 53.7 Å². The first kappa shape index (κ1) is 29.4. The number of allylic oxidation sites excluding steroid dienone is 1. The van der Waals surface area contributed by atoms with E-state index < -0.39 is 0 Å². The van der Waals surface area contributed by atoms with Gasteiger partial charge >= 0.3 is 0 Å². The van der Waals surface area contributed by atoms with Gasteiger partial charge in [0, 0.05) is 20.3 Å². The van der Waals surface area contributed by atoms with Gasteiger partial charge in [0.25, 0.3) is 5.56 Å². The molecule has 5 aromatic rings. The third kappa shape index (κ3) is 5.43. The fourth-order valence-corrected chi connectivity index (χ4v) is 8.92. The molecule has 4 aromatic carbocycles. The van der Waals surface area contributed by atoms with E-state index in [0.29, 0.717) is 20.6 Å². The highest BCUT2D eigenvalue weighted by atomic mass is 127. The molecular formula is C35H25FI2N2O3S. The number of fused-ring (bicyclic) bond motifs is 3. The molecule has 1 aliphatic heterocycles. The van der Waals surface area contributed by atoms with E-state index >= 15 is 0 Å². The first-order chi connectivity index (χ1) is 21.4. The zero-order valence-electron chi connectivity index (χ0n) is 23.5. The van der Waals surface area contributed by atoms with Gasteiger partial charge in [-0.2, -0.15) is 0 Å². The number of methoxy groups -OCH3 is 1. The first-order valence-corrected chi connectivity index (χ1v) is 17.0. The van der Waals surface area contributed by atoms with E-state index in [9.17, 15) is 9.18 Å².